The average Bonchev–Trinajstić information content (AvgIpc) is 2.84. The molecule has 9 nitrogen and oxygen atoms in total. The zero-order valence-electron chi connectivity index (χ0n) is 19.9. The van der Waals surface area contributed by atoms with Gasteiger partial charge in [0.05, 0.1) is 23.1 Å². The Labute approximate surface area is 199 Å². The van der Waals surface area contributed by atoms with Crippen LogP contribution >= 0.6 is 0 Å². The highest BCUT2D eigenvalue weighted by atomic mass is 16.5. The molecule has 1 aliphatic heterocycles. The van der Waals surface area contributed by atoms with E-state index in [1.54, 1.807) is 24.5 Å². The number of ether oxygens (including phenoxy) is 1. The summed E-state index contributed by atoms with van der Waals surface area (Å²) >= 11 is 0. The molecule has 0 radical (unpaired) electrons. The summed E-state index contributed by atoms with van der Waals surface area (Å²) in [6, 6.07) is 5.29. The lowest BCUT2D eigenvalue weighted by Crippen LogP contribution is -2.37. The first-order valence-corrected chi connectivity index (χ1v) is 12.0. The molecular weight excluding hydrogens is 432 g/mol. The number of nitrogens with zero attached hydrogens (tertiary/aromatic N) is 5. The lowest BCUT2D eigenvalue weighted by atomic mass is 10.1. The van der Waals surface area contributed by atoms with Gasteiger partial charge in [-0.05, 0) is 64.4 Å². The van der Waals surface area contributed by atoms with Gasteiger partial charge in [-0.25, -0.2) is 15.0 Å². The van der Waals surface area contributed by atoms with Crippen LogP contribution in [0.15, 0.2) is 41.7 Å². The van der Waals surface area contributed by atoms with Crippen LogP contribution in [0.4, 0.5) is 0 Å². The number of carbonyl (C=O) groups is 1. The van der Waals surface area contributed by atoms with Crippen molar-refractivity contribution in [2.45, 2.75) is 52.1 Å². The molecule has 0 unspecified atom stereocenters. The van der Waals surface area contributed by atoms with E-state index >= 15 is 0 Å². The summed E-state index contributed by atoms with van der Waals surface area (Å²) in [7, 11) is 0. The number of rotatable bonds is 9. The van der Waals surface area contributed by atoms with Gasteiger partial charge < -0.3 is 15.0 Å². The molecule has 0 atom stereocenters. The Balaban J connectivity index is 1.57. The van der Waals surface area contributed by atoms with Crippen LogP contribution in [0.1, 0.15) is 39.5 Å². The van der Waals surface area contributed by atoms with Crippen molar-refractivity contribution in [3.63, 3.8) is 0 Å². The average molecular weight is 465 g/mol. The van der Waals surface area contributed by atoms with Crippen LogP contribution in [0.2, 0.25) is 0 Å². The molecule has 1 aromatic carbocycles. The van der Waals surface area contributed by atoms with Crippen molar-refractivity contribution in [1.82, 2.24) is 29.7 Å². The topological polar surface area (TPSA) is 102 Å². The maximum absolute atomic E-state index is 13.5. The van der Waals surface area contributed by atoms with E-state index in [9.17, 15) is 9.59 Å². The number of benzene rings is 1. The predicted octanol–water partition coefficient (Wildman–Crippen LogP) is 2.63. The van der Waals surface area contributed by atoms with Gasteiger partial charge in [0, 0.05) is 25.0 Å². The second-order valence-corrected chi connectivity index (χ2v) is 8.96. The van der Waals surface area contributed by atoms with Crippen molar-refractivity contribution in [3.8, 4) is 17.1 Å². The Hall–Kier alpha value is -3.33. The Kier molecular flexibility index (Phi) is 7.84. The van der Waals surface area contributed by atoms with Crippen LogP contribution in [-0.4, -0.2) is 62.6 Å². The van der Waals surface area contributed by atoms with Gasteiger partial charge in [0.2, 0.25) is 5.91 Å². The van der Waals surface area contributed by atoms with E-state index in [4.69, 9.17) is 4.74 Å². The molecule has 34 heavy (non-hydrogen) atoms. The van der Waals surface area contributed by atoms with Gasteiger partial charge in [-0.1, -0.05) is 6.42 Å². The number of likely N-dealkylation sites (tertiary alicyclic amines) is 1. The molecule has 9 heteroatoms. The van der Waals surface area contributed by atoms with E-state index in [1.165, 1.54) is 43.2 Å². The van der Waals surface area contributed by atoms with Crippen LogP contribution in [0.3, 0.4) is 0 Å². The summed E-state index contributed by atoms with van der Waals surface area (Å²) < 4.78 is 7.32. The Morgan fingerprint density at radius 3 is 2.65 bits per heavy atom. The normalized spacial score (nSPS) is 14.4. The molecule has 1 saturated heterocycles. The van der Waals surface area contributed by atoms with Crippen molar-refractivity contribution in [1.29, 1.82) is 0 Å². The van der Waals surface area contributed by atoms with E-state index < -0.39 is 0 Å². The molecule has 1 fully saturated rings. The third-order valence-electron chi connectivity index (χ3n) is 5.83. The van der Waals surface area contributed by atoms with E-state index in [2.05, 4.69) is 25.2 Å². The van der Waals surface area contributed by atoms with E-state index in [1.807, 2.05) is 19.9 Å². The molecule has 180 valence electrons. The fraction of sp³-hybridized carbons (Fsp3) is 0.480. The molecule has 0 saturated carbocycles. The van der Waals surface area contributed by atoms with Gasteiger partial charge in [-0.3, -0.25) is 14.2 Å². The van der Waals surface area contributed by atoms with Crippen LogP contribution in [-0.2, 0) is 11.3 Å². The molecule has 0 bridgehead atoms. The van der Waals surface area contributed by atoms with Gasteiger partial charge in [-0.2, -0.15) is 0 Å². The summed E-state index contributed by atoms with van der Waals surface area (Å²) in [5.74, 6) is 0.715. The molecule has 2 aromatic heterocycles. The molecule has 3 aromatic rings. The molecule has 1 aliphatic rings. The standard InChI is InChI=1S/C25H32N6O3/c1-18(2)28-23(32)16-31-24(19-14-26-17-27-15-19)29-22-8-7-20(13-21(22)25(31)33)34-12-6-11-30-9-4-3-5-10-30/h7-8,13-15,17-18H,3-6,9-12,16H2,1-2H3,(H,28,32). The minimum absolute atomic E-state index is 0.0370. The monoisotopic (exact) mass is 464 g/mol. The van der Waals surface area contributed by atoms with Gasteiger partial charge >= 0.3 is 0 Å². The number of nitrogens with one attached hydrogen (secondary N) is 1. The van der Waals surface area contributed by atoms with E-state index in [0.717, 1.165) is 13.0 Å². The lowest BCUT2D eigenvalue weighted by molar-refractivity contribution is -0.122. The fourth-order valence-electron chi connectivity index (χ4n) is 4.24. The van der Waals surface area contributed by atoms with Crippen molar-refractivity contribution < 1.29 is 9.53 Å². The Morgan fingerprint density at radius 2 is 1.91 bits per heavy atom. The number of aromatic nitrogens is 4. The maximum Gasteiger partial charge on any atom is 0.262 e. The number of amides is 1. The maximum atomic E-state index is 13.5. The smallest absolute Gasteiger partial charge is 0.262 e. The number of hydrogen-bond donors (Lipinski definition) is 1. The summed E-state index contributed by atoms with van der Waals surface area (Å²) in [5, 5.41) is 3.24. The minimum atomic E-state index is -0.304. The molecule has 3 heterocycles. The zero-order valence-corrected chi connectivity index (χ0v) is 19.9. The summed E-state index contributed by atoms with van der Waals surface area (Å²) in [4.78, 5) is 41.2. The number of piperidine rings is 1. The molecule has 4 rings (SSSR count). The first-order valence-electron chi connectivity index (χ1n) is 12.0. The SMILES string of the molecule is CC(C)NC(=O)Cn1c(-c2cncnc2)nc2ccc(OCCCN3CCCCC3)cc2c1=O. The number of fused-ring (bicyclic) bond motifs is 1. The second-order valence-electron chi connectivity index (χ2n) is 8.96. The quantitative estimate of drug-likeness (QED) is 0.486. The largest absolute Gasteiger partial charge is 0.494 e. The molecular formula is C25H32N6O3. The Bertz CT molecular complexity index is 1170. The number of hydrogen-bond acceptors (Lipinski definition) is 7. The Morgan fingerprint density at radius 1 is 1.15 bits per heavy atom. The summed E-state index contributed by atoms with van der Waals surface area (Å²) in [5.41, 5.74) is 0.795. The third kappa shape index (κ3) is 5.96. The van der Waals surface area contributed by atoms with E-state index in [0.29, 0.717) is 34.6 Å². The highest BCUT2D eigenvalue weighted by Gasteiger charge is 2.17. The third-order valence-corrected chi connectivity index (χ3v) is 5.83. The van der Waals surface area contributed by atoms with Crippen molar-refractivity contribution in [2.24, 2.45) is 0 Å². The highest BCUT2D eigenvalue weighted by Crippen LogP contribution is 2.21. The zero-order chi connectivity index (χ0) is 23.9. The minimum Gasteiger partial charge on any atom is -0.494 e. The lowest BCUT2D eigenvalue weighted by Gasteiger charge is -2.26. The van der Waals surface area contributed by atoms with Crippen LogP contribution in [0, 0.1) is 0 Å². The first kappa shape index (κ1) is 23.8. The van der Waals surface area contributed by atoms with Crippen LogP contribution < -0.4 is 15.6 Å². The molecule has 0 aliphatic carbocycles. The van der Waals surface area contributed by atoms with Crippen molar-refractivity contribution in [2.75, 3.05) is 26.2 Å². The molecule has 1 N–H and O–H groups in total. The summed E-state index contributed by atoms with van der Waals surface area (Å²) in [6.07, 6.45) is 9.38. The van der Waals surface area contributed by atoms with Crippen molar-refractivity contribution in [3.05, 3.63) is 47.3 Å². The molecule has 1 amide bonds. The van der Waals surface area contributed by atoms with Crippen LogP contribution in [0.25, 0.3) is 22.3 Å². The fourth-order valence-corrected chi connectivity index (χ4v) is 4.24. The number of carbonyl (C=O) groups excluding carboxylic acids is 1. The van der Waals surface area contributed by atoms with Crippen molar-refractivity contribution >= 4 is 16.8 Å². The van der Waals surface area contributed by atoms with Gasteiger partial charge in [0.25, 0.3) is 5.56 Å². The first-order chi connectivity index (χ1) is 16.5. The second kappa shape index (κ2) is 11.2. The van der Waals surface area contributed by atoms with Gasteiger partial charge in [0.1, 0.15) is 24.4 Å². The highest BCUT2D eigenvalue weighted by molar-refractivity contribution is 5.82. The van der Waals surface area contributed by atoms with Gasteiger partial charge in [0.15, 0.2) is 0 Å². The van der Waals surface area contributed by atoms with Crippen LogP contribution in [0.5, 0.6) is 5.75 Å². The summed E-state index contributed by atoms with van der Waals surface area (Å²) in [6.45, 7) is 7.54. The molecule has 0 spiro atoms. The van der Waals surface area contributed by atoms with Gasteiger partial charge in [-0.15, -0.1) is 0 Å². The predicted molar refractivity (Wildman–Crippen MR) is 131 cm³/mol. The van der Waals surface area contributed by atoms with E-state index in [-0.39, 0.29) is 24.1 Å².